The molecular formula is C21H24FN3O4S. The van der Waals surface area contributed by atoms with E-state index in [4.69, 9.17) is 4.74 Å². The highest BCUT2D eigenvalue weighted by Crippen LogP contribution is 2.34. The van der Waals surface area contributed by atoms with Crippen LogP contribution in [0.4, 0.5) is 15.8 Å². The first kappa shape index (κ1) is 20.6. The quantitative estimate of drug-likeness (QED) is 0.725. The summed E-state index contributed by atoms with van der Waals surface area (Å²) in [5.41, 5.74) is 1.36. The third-order valence-electron chi connectivity index (χ3n) is 5.58. The zero-order valence-electron chi connectivity index (χ0n) is 16.8. The molecule has 2 heterocycles. The van der Waals surface area contributed by atoms with Crippen molar-refractivity contribution >= 4 is 27.3 Å². The molecule has 2 aliphatic rings. The number of piperazine rings is 1. The van der Waals surface area contributed by atoms with Crippen LogP contribution in [0.2, 0.25) is 0 Å². The highest BCUT2D eigenvalue weighted by molar-refractivity contribution is 7.89. The van der Waals surface area contributed by atoms with Crippen LogP contribution in [0.15, 0.2) is 47.4 Å². The van der Waals surface area contributed by atoms with Crippen molar-refractivity contribution in [2.24, 2.45) is 0 Å². The van der Waals surface area contributed by atoms with Gasteiger partial charge >= 0.3 is 0 Å². The minimum Gasteiger partial charge on any atom is -0.495 e. The van der Waals surface area contributed by atoms with E-state index in [1.54, 1.807) is 23.1 Å². The number of benzene rings is 2. The summed E-state index contributed by atoms with van der Waals surface area (Å²) in [6, 6.07) is 10.8. The van der Waals surface area contributed by atoms with Crippen molar-refractivity contribution in [2.75, 3.05) is 49.6 Å². The molecule has 0 unspecified atom stereocenters. The first-order valence-corrected chi connectivity index (χ1v) is 11.3. The number of carbonyl (C=O) groups is 1. The van der Waals surface area contributed by atoms with Crippen LogP contribution in [0, 0.1) is 5.82 Å². The maximum Gasteiger partial charge on any atom is 0.243 e. The molecule has 0 bridgehead atoms. The van der Waals surface area contributed by atoms with Crippen LogP contribution in [0.25, 0.3) is 0 Å². The Kier molecular flexibility index (Phi) is 5.66. The van der Waals surface area contributed by atoms with Crippen LogP contribution >= 0.6 is 0 Å². The maximum absolute atomic E-state index is 13.2. The van der Waals surface area contributed by atoms with Gasteiger partial charge in [-0.15, -0.1) is 0 Å². The normalized spacial score (nSPS) is 18.1. The second-order valence-corrected chi connectivity index (χ2v) is 9.29. The largest absolute Gasteiger partial charge is 0.495 e. The number of rotatable bonds is 5. The van der Waals surface area contributed by atoms with E-state index >= 15 is 0 Å². The number of methoxy groups -OCH3 is 1. The van der Waals surface area contributed by atoms with Gasteiger partial charge in [0, 0.05) is 44.8 Å². The number of halogens is 1. The Labute approximate surface area is 175 Å². The van der Waals surface area contributed by atoms with Crippen molar-refractivity contribution in [2.45, 2.75) is 17.7 Å². The van der Waals surface area contributed by atoms with Gasteiger partial charge in [-0.25, -0.2) is 12.8 Å². The molecule has 4 rings (SSSR count). The van der Waals surface area contributed by atoms with Gasteiger partial charge in [0.05, 0.1) is 17.7 Å². The van der Waals surface area contributed by atoms with E-state index in [9.17, 15) is 17.6 Å². The average molecular weight is 434 g/mol. The van der Waals surface area contributed by atoms with Crippen molar-refractivity contribution < 1.29 is 22.3 Å². The molecule has 0 aliphatic carbocycles. The average Bonchev–Trinajstić information content (AvgIpc) is 3.19. The zero-order valence-corrected chi connectivity index (χ0v) is 17.6. The van der Waals surface area contributed by atoms with E-state index in [0.29, 0.717) is 50.6 Å². The number of amides is 1. The van der Waals surface area contributed by atoms with Gasteiger partial charge in [-0.05, 0) is 48.9 Å². The SMILES string of the molecule is COc1ccc(S(=O)(=O)N2CCN(c3ccc(F)cc3)CC2)cc1N1CCCC1=O. The first-order chi connectivity index (χ1) is 14.4. The smallest absolute Gasteiger partial charge is 0.243 e. The molecule has 0 aromatic heterocycles. The van der Waals surface area contributed by atoms with Crippen molar-refractivity contribution in [1.82, 2.24) is 4.31 Å². The minimum atomic E-state index is -3.72. The molecule has 2 aliphatic heterocycles. The summed E-state index contributed by atoms with van der Waals surface area (Å²) in [5, 5.41) is 0. The highest BCUT2D eigenvalue weighted by atomic mass is 32.2. The third kappa shape index (κ3) is 3.87. The number of anilines is 2. The molecule has 2 saturated heterocycles. The summed E-state index contributed by atoms with van der Waals surface area (Å²) in [4.78, 5) is 15.9. The standard InChI is InChI=1S/C21H24FN3O4S/c1-29-20-9-8-18(15-19(20)25-10-2-3-21(25)26)30(27,28)24-13-11-23(12-14-24)17-6-4-16(22)5-7-17/h4-9,15H,2-3,10-14H2,1H3. The molecule has 2 aromatic rings. The molecule has 2 aromatic carbocycles. The van der Waals surface area contributed by atoms with E-state index in [1.165, 1.54) is 35.7 Å². The van der Waals surface area contributed by atoms with E-state index < -0.39 is 10.0 Å². The number of nitrogens with zero attached hydrogens (tertiary/aromatic N) is 3. The van der Waals surface area contributed by atoms with Crippen molar-refractivity contribution in [3.8, 4) is 5.75 Å². The summed E-state index contributed by atoms with van der Waals surface area (Å²) in [5.74, 6) is 0.146. The summed E-state index contributed by atoms with van der Waals surface area (Å²) in [7, 11) is -2.21. The molecule has 2 fully saturated rings. The Bertz CT molecular complexity index is 1030. The van der Waals surface area contributed by atoms with Gasteiger partial charge < -0.3 is 14.5 Å². The molecule has 30 heavy (non-hydrogen) atoms. The molecular weight excluding hydrogens is 409 g/mol. The summed E-state index contributed by atoms with van der Waals surface area (Å²) < 4.78 is 46.4. The predicted molar refractivity (Wildman–Crippen MR) is 112 cm³/mol. The van der Waals surface area contributed by atoms with Crippen molar-refractivity contribution in [3.63, 3.8) is 0 Å². The van der Waals surface area contributed by atoms with Gasteiger partial charge in [0.25, 0.3) is 0 Å². The Morgan fingerprint density at radius 2 is 1.67 bits per heavy atom. The van der Waals surface area contributed by atoms with Crippen molar-refractivity contribution in [3.05, 3.63) is 48.3 Å². The molecule has 7 nitrogen and oxygen atoms in total. The maximum atomic E-state index is 13.2. The summed E-state index contributed by atoms with van der Waals surface area (Å²) >= 11 is 0. The van der Waals surface area contributed by atoms with Gasteiger partial charge in [0.1, 0.15) is 11.6 Å². The van der Waals surface area contributed by atoms with Crippen LogP contribution < -0.4 is 14.5 Å². The van der Waals surface area contributed by atoms with Gasteiger partial charge in [-0.1, -0.05) is 0 Å². The number of hydrogen-bond acceptors (Lipinski definition) is 5. The second-order valence-electron chi connectivity index (χ2n) is 7.35. The fourth-order valence-electron chi connectivity index (χ4n) is 3.93. The van der Waals surface area contributed by atoms with E-state index in [-0.39, 0.29) is 16.6 Å². The van der Waals surface area contributed by atoms with Gasteiger partial charge in [-0.2, -0.15) is 4.31 Å². The second kappa shape index (κ2) is 8.23. The van der Waals surface area contributed by atoms with Crippen LogP contribution in [-0.2, 0) is 14.8 Å². The van der Waals surface area contributed by atoms with Crippen LogP contribution in [-0.4, -0.2) is 58.5 Å². The number of carbonyl (C=O) groups excluding carboxylic acids is 1. The Balaban J connectivity index is 1.54. The predicted octanol–water partition coefficient (Wildman–Crippen LogP) is 2.47. The topological polar surface area (TPSA) is 70.2 Å². The fourth-order valence-corrected chi connectivity index (χ4v) is 5.37. The Hall–Kier alpha value is -2.65. The lowest BCUT2D eigenvalue weighted by molar-refractivity contribution is -0.117. The molecule has 0 N–H and O–H groups in total. The van der Waals surface area contributed by atoms with E-state index in [1.807, 2.05) is 4.90 Å². The summed E-state index contributed by atoms with van der Waals surface area (Å²) in [6.45, 7) is 2.22. The molecule has 160 valence electrons. The molecule has 0 spiro atoms. The number of ether oxygens (including phenoxy) is 1. The highest BCUT2D eigenvalue weighted by Gasteiger charge is 2.31. The Morgan fingerprint density at radius 3 is 2.27 bits per heavy atom. The lowest BCUT2D eigenvalue weighted by Gasteiger charge is -2.35. The van der Waals surface area contributed by atoms with E-state index in [0.717, 1.165) is 12.1 Å². The number of sulfonamides is 1. The van der Waals surface area contributed by atoms with Gasteiger partial charge in [0.2, 0.25) is 15.9 Å². The molecule has 9 heteroatoms. The van der Waals surface area contributed by atoms with Crippen molar-refractivity contribution in [1.29, 1.82) is 0 Å². The lowest BCUT2D eigenvalue weighted by atomic mass is 10.2. The Morgan fingerprint density at radius 1 is 0.967 bits per heavy atom. The molecule has 0 radical (unpaired) electrons. The number of hydrogen-bond donors (Lipinski definition) is 0. The third-order valence-corrected chi connectivity index (χ3v) is 7.48. The monoisotopic (exact) mass is 433 g/mol. The molecule has 1 amide bonds. The first-order valence-electron chi connectivity index (χ1n) is 9.89. The van der Waals surface area contributed by atoms with Crippen LogP contribution in [0.1, 0.15) is 12.8 Å². The van der Waals surface area contributed by atoms with Gasteiger partial charge in [0.15, 0.2) is 0 Å². The summed E-state index contributed by atoms with van der Waals surface area (Å²) in [6.07, 6.45) is 1.19. The van der Waals surface area contributed by atoms with Crippen LogP contribution in [0.5, 0.6) is 5.75 Å². The molecule has 0 saturated carbocycles. The van der Waals surface area contributed by atoms with Gasteiger partial charge in [-0.3, -0.25) is 4.79 Å². The van der Waals surface area contributed by atoms with Crippen LogP contribution in [0.3, 0.4) is 0 Å². The van der Waals surface area contributed by atoms with E-state index in [2.05, 4.69) is 0 Å². The fraction of sp³-hybridized carbons (Fsp3) is 0.381. The molecule has 0 atom stereocenters. The lowest BCUT2D eigenvalue weighted by Crippen LogP contribution is -2.48. The minimum absolute atomic E-state index is 0.0317. The zero-order chi connectivity index (χ0) is 21.3.